The van der Waals surface area contributed by atoms with E-state index in [9.17, 15) is 4.79 Å². The normalized spacial score (nSPS) is 16.6. The number of carbonyl (C=O) groups is 1. The van der Waals surface area contributed by atoms with Crippen molar-refractivity contribution < 1.29 is 9.53 Å². The van der Waals surface area contributed by atoms with Crippen molar-refractivity contribution in [3.05, 3.63) is 47.5 Å². The molecule has 3 aromatic rings. The van der Waals surface area contributed by atoms with Crippen molar-refractivity contribution in [2.24, 2.45) is 11.3 Å². The summed E-state index contributed by atoms with van der Waals surface area (Å²) in [5, 5.41) is 1.48. The van der Waals surface area contributed by atoms with Crippen LogP contribution in [0.5, 0.6) is 0 Å². The Kier molecular flexibility index (Phi) is 5.64. The van der Waals surface area contributed by atoms with Crippen LogP contribution in [0.3, 0.4) is 0 Å². The number of halogens is 1. The van der Waals surface area contributed by atoms with Crippen molar-refractivity contribution in [3.8, 4) is 0 Å². The minimum atomic E-state index is -0.472. The Balaban J connectivity index is 1.30. The van der Waals surface area contributed by atoms with Crippen LogP contribution < -0.4 is 21.1 Å². The maximum absolute atomic E-state index is 12.3. The average Bonchev–Trinajstić information content (AvgIpc) is 2.74. The smallest absolute Gasteiger partial charge is 0.410 e. The van der Waals surface area contributed by atoms with E-state index >= 15 is 0 Å². The molecule has 0 bridgehead atoms. The number of carbonyl (C=O) groups excluding carboxylic acids is 1. The molecule has 0 radical (unpaired) electrons. The van der Waals surface area contributed by atoms with Gasteiger partial charge in [0, 0.05) is 60.4 Å². The maximum atomic E-state index is 12.3. The fraction of sp³-hybridized carbons (Fsp3) is 0.400. The first-order valence-electron chi connectivity index (χ1n) is 11.6. The molecule has 2 aromatic carbocycles. The van der Waals surface area contributed by atoms with Crippen molar-refractivity contribution >= 4 is 51.7 Å². The minimum absolute atomic E-state index is 0.155. The van der Waals surface area contributed by atoms with Crippen molar-refractivity contribution in [1.29, 1.82) is 0 Å². The third kappa shape index (κ3) is 4.53. The van der Waals surface area contributed by atoms with E-state index in [0.717, 1.165) is 48.8 Å². The topological polar surface area (TPSA) is 99.8 Å². The number of hydrazine groups is 1. The number of amides is 1. The van der Waals surface area contributed by atoms with Crippen LogP contribution in [0.1, 0.15) is 20.8 Å². The van der Waals surface area contributed by atoms with Gasteiger partial charge >= 0.3 is 6.09 Å². The van der Waals surface area contributed by atoms with Crippen LogP contribution in [-0.4, -0.2) is 59.8 Å². The molecule has 9 nitrogen and oxygen atoms in total. The molecule has 1 amide bonds. The highest BCUT2D eigenvalue weighted by Crippen LogP contribution is 2.43. The minimum Gasteiger partial charge on any atom is -0.444 e. The second-order valence-corrected chi connectivity index (χ2v) is 10.9. The largest absolute Gasteiger partial charge is 0.444 e. The molecule has 10 heteroatoms. The number of anilines is 4. The molecule has 2 aliphatic heterocycles. The number of fused-ring (bicyclic) bond motifs is 1. The average molecular weight is 496 g/mol. The van der Waals surface area contributed by atoms with Gasteiger partial charge in [0.15, 0.2) is 0 Å². The van der Waals surface area contributed by atoms with Gasteiger partial charge in [0.1, 0.15) is 11.4 Å². The summed E-state index contributed by atoms with van der Waals surface area (Å²) < 4.78 is 5.49. The van der Waals surface area contributed by atoms with Crippen LogP contribution in [0.2, 0.25) is 5.02 Å². The Morgan fingerprint density at radius 2 is 1.89 bits per heavy atom. The van der Waals surface area contributed by atoms with E-state index in [1.54, 1.807) is 11.0 Å². The van der Waals surface area contributed by atoms with E-state index in [0.29, 0.717) is 16.5 Å². The van der Waals surface area contributed by atoms with Gasteiger partial charge < -0.3 is 19.4 Å². The molecule has 0 saturated carbocycles. The number of rotatable bonds is 4. The predicted octanol–water partition coefficient (Wildman–Crippen LogP) is 4.39. The van der Waals surface area contributed by atoms with E-state index in [-0.39, 0.29) is 11.5 Å². The quantitative estimate of drug-likeness (QED) is 0.406. The highest BCUT2D eigenvalue weighted by atomic mass is 35.5. The number of benzene rings is 2. The summed E-state index contributed by atoms with van der Waals surface area (Å²) >= 11 is 6.18. The molecule has 2 aliphatic rings. The highest BCUT2D eigenvalue weighted by Gasteiger charge is 2.54. The van der Waals surface area contributed by atoms with E-state index < -0.39 is 5.60 Å². The summed E-state index contributed by atoms with van der Waals surface area (Å²) in [5.74, 6) is 6.66. The number of nitrogen functional groups attached to an aromatic ring is 1. The van der Waals surface area contributed by atoms with E-state index in [1.165, 1.54) is 0 Å². The van der Waals surface area contributed by atoms with Gasteiger partial charge in [-0.25, -0.2) is 15.6 Å². The molecule has 1 spiro atoms. The monoisotopic (exact) mass is 495 g/mol. The van der Waals surface area contributed by atoms with Crippen molar-refractivity contribution in [2.75, 3.05) is 48.5 Å². The Morgan fingerprint density at radius 3 is 2.57 bits per heavy atom. The summed E-state index contributed by atoms with van der Waals surface area (Å²) in [5.41, 5.74) is 5.06. The fourth-order valence-electron chi connectivity index (χ4n) is 4.79. The fourth-order valence-corrected chi connectivity index (χ4v) is 4.96. The van der Waals surface area contributed by atoms with Crippen LogP contribution in [0.25, 0.3) is 10.9 Å². The zero-order chi connectivity index (χ0) is 25.0. The van der Waals surface area contributed by atoms with Gasteiger partial charge in [-0.05, 0) is 57.2 Å². The Hall–Kier alpha value is -3.30. The SMILES string of the molecule is CN(c1cccc(N2CC3(CN(C(=O)OC(C)(C)C)C3)C2)c1)c1nc(NN)nc2cc(Cl)ccc12. The van der Waals surface area contributed by atoms with E-state index in [1.807, 2.05) is 57.0 Å². The maximum Gasteiger partial charge on any atom is 0.410 e. The number of aromatic nitrogens is 2. The van der Waals surface area contributed by atoms with Gasteiger partial charge in [0.05, 0.1) is 5.52 Å². The Labute approximate surface area is 209 Å². The molecule has 5 rings (SSSR count). The van der Waals surface area contributed by atoms with Gasteiger partial charge in [-0.2, -0.15) is 4.98 Å². The van der Waals surface area contributed by atoms with Crippen LogP contribution in [-0.2, 0) is 4.74 Å². The second kappa shape index (κ2) is 8.42. The van der Waals surface area contributed by atoms with Gasteiger partial charge in [0.25, 0.3) is 0 Å². The number of nitrogens with one attached hydrogen (secondary N) is 1. The molecule has 0 aliphatic carbocycles. The standard InChI is InChI=1S/C25H30ClN7O2/c1-24(2,3)35-23(34)33-14-25(15-33)12-32(13-25)18-7-5-6-17(11-18)31(4)21-19-9-8-16(26)10-20(19)28-22(29-21)30-27/h5-11H,12-15,27H2,1-4H3,(H,28,29,30). The summed E-state index contributed by atoms with van der Waals surface area (Å²) in [6, 6.07) is 13.9. The molecular weight excluding hydrogens is 466 g/mol. The van der Waals surface area contributed by atoms with Crippen molar-refractivity contribution in [1.82, 2.24) is 14.9 Å². The first-order chi connectivity index (χ1) is 16.6. The lowest BCUT2D eigenvalue weighted by molar-refractivity contribution is -0.0452. The number of likely N-dealkylation sites (tertiary alicyclic amines) is 1. The van der Waals surface area contributed by atoms with Crippen molar-refractivity contribution in [2.45, 2.75) is 26.4 Å². The van der Waals surface area contributed by atoms with E-state index in [4.69, 9.17) is 22.2 Å². The van der Waals surface area contributed by atoms with E-state index in [2.05, 4.69) is 32.4 Å². The molecule has 3 N–H and O–H groups in total. The van der Waals surface area contributed by atoms with Crippen LogP contribution in [0, 0.1) is 5.41 Å². The van der Waals surface area contributed by atoms with Gasteiger partial charge in [0.2, 0.25) is 5.95 Å². The molecule has 1 aromatic heterocycles. The Bertz CT molecular complexity index is 1280. The number of ether oxygens (including phenoxy) is 1. The first-order valence-corrected chi connectivity index (χ1v) is 11.9. The summed E-state index contributed by atoms with van der Waals surface area (Å²) in [6.45, 7) is 8.98. The molecule has 184 valence electrons. The predicted molar refractivity (Wildman–Crippen MR) is 139 cm³/mol. The van der Waals surface area contributed by atoms with Gasteiger partial charge in [-0.3, -0.25) is 5.43 Å². The zero-order valence-corrected chi connectivity index (χ0v) is 21.1. The highest BCUT2D eigenvalue weighted by molar-refractivity contribution is 6.31. The first kappa shape index (κ1) is 23.4. The molecule has 3 heterocycles. The second-order valence-electron chi connectivity index (χ2n) is 10.4. The van der Waals surface area contributed by atoms with Crippen molar-refractivity contribution in [3.63, 3.8) is 0 Å². The third-order valence-electron chi connectivity index (χ3n) is 6.42. The van der Waals surface area contributed by atoms with Crippen LogP contribution in [0.4, 0.5) is 27.9 Å². The summed E-state index contributed by atoms with van der Waals surface area (Å²) in [6.07, 6.45) is -0.227. The van der Waals surface area contributed by atoms with Gasteiger partial charge in [-0.15, -0.1) is 0 Å². The van der Waals surface area contributed by atoms with Gasteiger partial charge in [-0.1, -0.05) is 17.7 Å². The number of hydrogen-bond acceptors (Lipinski definition) is 8. The molecule has 2 saturated heterocycles. The number of hydrogen-bond donors (Lipinski definition) is 2. The molecule has 0 atom stereocenters. The lowest BCUT2D eigenvalue weighted by Crippen LogP contribution is -2.73. The Morgan fingerprint density at radius 1 is 1.14 bits per heavy atom. The number of nitrogens with two attached hydrogens (primary N) is 1. The number of nitrogens with zero attached hydrogens (tertiary/aromatic N) is 5. The third-order valence-corrected chi connectivity index (χ3v) is 6.66. The molecule has 0 unspecified atom stereocenters. The lowest BCUT2D eigenvalue weighted by atomic mass is 9.73. The van der Waals surface area contributed by atoms with Crippen LogP contribution >= 0.6 is 11.6 Å². The van der Waals surface area contributed by atoms with Crippen LogP contribution in [0.15, 0.2) is 42.5 Å². The zero-order valence-electron chi connectivity index (χ0n) is 20.4. The summed E-state index contributed by atoms with van der Waals surface area (Å²) in [7, 11) is 1.97. The lowest BCUT2D eigenvalue weighted by Gasteiger charge is -2.60. The molecule has 2 fully saturated rings. The molecule has 35 heavy (non-hydrogen) atoms. The summed E-state index contributed by atoms with van der Waals surface area (Å²) in [4.78, 5) is 27.5. The molecular formula is C25H30ClN7O2.